The van der Waals surface area contributed by atoms with Crippen molar-refractivity contribution in [3.8, 4) is 28.4 Å². The number of esters is 1. The van der Waals surface area contributed by atoms with Crippen LogP contribution in [0.4, 0.5) is 0 Å². The van der Waals surface area contributed by atoms with Gasteiger partial charge in [0.05, 0.1) is 30.5 Å². The summed E-state index contributed by atoms with van der Waals surface area (Å²) in [5, 5.41) is 12.1. The van der Waals surface area contributed by atoms with Crippen LogP contribution in [0.3, 0.4) is 0 Å². The highest BCUT2D eigenvalue weighted by Gasteiger charge is 2.28. The Kier molecular flexibility index (Phi) is 7.45. The third-order valence-electron chi connectivity index (χ3n) is 6.05. The van der Waals surface area contributed by atoms with Crippen molar-refractivity contribution in [2.75, 3.05) is 27.8 Å². The van der Waals surface area contributed by atoms with Crippen LogP contribution in [-0.4, -0.2) is 53.3 Å². The number of benzene rings is 2. The predicted octanol–water partition coefficient (Wildman–Crippen LogP) is 4.77. The highest BCUT2D eigenvalue weighted by molar-refractivity contribution is 6.09. The van der Waals surface area contributed by atoms with E-state index in [1.54, 1.807) is 26.4 Å². The number of pyridine rings is 1. The molecule has 0 bridgehead atoms. The number of phenols is 1. The Morgan fingerprint density at radius 1 is 1.14 bits per heavy atom. The molecule has 4 aromatic rings. The zero-order valence-corrected chi connectivity index (χ0v) is 21.2. The van der Waals surface area contributed by atoms with E-state index in [-0.39, 0.29) is 19.0 Å². The summed E-state index contributed by atoms with van der Waals surface area (Å²) in [4.78, 5) is 19.4. The van der Waals surface area contributed by atoms with Crippen molar-refractivity contribution < 1.29 is 24.1 Å². The summed E-state index contributed by atoms with van der Waals surface area (Å²) in [6.45, 7) is 2.56. The monoisotopic (exact) mass is 489 g/mol. The maximum Gasteiger partial charge on any atom is 0.340 e. The molecule has 0 saturated carbocycles. The van der Waals surface area contributed by atoms with Gasteiger partial charge in [-0.25, -0.2) is 4.79 Å². The number of rotatable bonds is 9. The van der Waals surface area contributed by atoms with Gasteiger partial charge in [0.2, 0.25) is 0 Å². The van der Waals surface area contributed by atoms with Gasteiger partial charge in [-0.3, -0.25) is 4.98 Å². The minimum Gasteiger partial charge on any atom is -0.507 e. The molecule has 8 heteroatoms. The molecule has 0 unspecified atom stereocenters. The molecule has 0 aliphatic rings. The number of carbonyl (C=O) groups is 1. The van der Waals surface area contributed by atoms with Crippen molar-refractivity contribution in [3.63, 3.8) is 0 Å². The van der Waals surface area contributed by atoms with Gasteiger partial charge in [-0.2, -0.15) is 0 Å². The van der Waals surface area contributed by atoms with Gasteiger partial charge >= 0.3 is 5.97 Å². The van der Waals surface area contributed by atoms with E-state index >= 15 is 0 Å². The SMILES string of the molecule is CCOC(=O)c1c(COc2ccc(OC)cc2)n(C)c2cc(-c3cccnc3)c(O)c(CN(C)C)c12. The Morgan fingerprint density at radius 3 is 2.47 bits per heavy atom. The Balaban J connectivity index is 1.92. The van der Waals surface area contributed by atoms with E-state index in [2.05, 4.69) is 4.98 Å². The number of nitrogens with zero attached hydrogens (tertiary/aromatic N) is 3. The molecule has 0 aliphatic heterocycles. The molecule has 0 aliphatic carbocycles. The third kappa shape index (κ3) is 4.85. The highest BCUT2D eigenvalue weighted by atomic mass is 16.5. The van der Waals surface area contributed by atoms with E-state index in [4.69, 9.17) is 14.2 Å². The van der Waals surface area contributed by atoms with Crippen LogP contribution in [0.1, 0.15) is 28.5 Å². The van der Waals surface area contributed by atoms with Crippen molar-refractivity contribution in [1.82, 2.24) is 14.5 Å². The molecule has 8 nitrogen and oxygen atoms in total. The second-order valence-corrected chi connectivity index (χ2v) is 8.69. The lowest BCUT2D eigenvalue weighted by Crippen LogP contribution is -2.13. The van der Waals surface area contributed by atoms with E-state index in [0.29, 0.717) is 40.1 Å². The van der Waals surface area contributed by atoms with Crippen LogP contribution < -0.4 is 9.47 Å². The molecule has 2 heterocycles. The van der Waals surface area contributed by atoms with Gasteiger partial charge in [0.1, 0.15) is 23.9 Å². The summed E-state index contributed by atoms with van der Waals surface area (Å²) < 4.78 is 18.7. The highest BCUT2D eigenvalue weighted by Crippen LogP contribution is 2.41. The molecule has 0 spiro atoms. The minimum atomic E-state index is -0.454. The van der Waals surface area contributed by atoms with Crippen molar-refractivity contribution in [3.05, 3.63) is 71.7 Å². The number of carbonyl (C=O) groups excluding carboxylic acids is 1. The first-order valence-corrected chi connectivity index (χ1v) is 11.7. The second kappa shape index (κ2) is 10.7. The molecule has 188 valence electrons. The fourth-order valence-electron chi connectivity index (χ4n) is 4.34. The molecule has 0 fully saturated rings. The Morgan fingerprint density at radius 2 is 1.86 bits per heavy atom. The summed E-state index contributed by atoms with van der Waals surface area (Å²) in [5.74, 6) is 1.03. The number of phenolic OH excluding ortho intramolecular Hbond substituents is 1. The van der Waals surface area contributed by atoms with Crippen molar-refractivity contribution in [2.24, 2.45) is 7.05 Å². The lowest BCUT2D eigenvalue weighted by molar-refractivity contribution is 0.0525. The van der Waals surface area contributed by atoms with Crippen LogP contribution in [-0.2, 0) is 24.9 Å². The van der Waals surface area contributed by atoms with Crippen molar-refractivity contribution >= 4 is 16.9 Å². The van der Waals surface area contributed by atoms with Gasteiger partial charge in [-0.05, 0) is 57.4 Å². The van der Waals surface area contributed by atoms with Gasteiger partial charge < -0.3 is 28.8 Å². The summed E-state index contributed by atoms with van der Waals surface area (Å²) in [6.07, 6.45) is 3.40. The molecule has 1 N–H and O–H groups in total. The lowest BCUT2D eigenvalue weighted by Gasteiger charge is -2.17. The standard InChI is InChI=1S/C28H31N3O5/c1-6-35-28(33)26-24(17-36-20-11-9-19(34-5)10-12-20)31(4)23-14-21(18-8-7-13-29-15-18)27(32)22(25(23)26)16-30(2)3/h7-15,32H,6,16-17H2,1-5H3. The summed E-state index contributed by atoms with van der Waals surface area (Å²) in [6, 6.07) is 12.9. The van der Waals surface area contributed by atoms with E-state index in [9.17, 15) is 9.90 Å². The van der Waals surface area contributed by atoms with Gasteiger partial charge in [0, 0.05) is 48.1 Å². The molecule has 4 rings (SSSR count). The maximum absolute atomic E-state index is 13.3. The summed E-state index contributed by atoms with van der Waals surface area (Å²) in [5.41, 5.74) is 3.92. The maximum atomic E-state index is 13.3. The number of aromatic nitrogens is 2. The molecular formula is C28H31N3O5. The number of aromatic hydroxyl groups is 1. The smallest absolute Gasteiger partial charge is 0.340 e. The number of fused-ring (bicyclic) bond motifs is 1. The molecule has 0 atom stereocenters. The molecule has 2 aromatic carbocycles. The Hall–Kier alpha value is -4.04. The van der Waals surface area contributed by atoms with Crippen LogP contribution >= 0.6 is 0 Å². The first kappa shape index (κ1) is 25.1. The number of hydrogen-bond donors (Lipinski definition) is 1. The lowest BCUT2D eigenvalue weighted by atomic mass is 9.96. The van der Waals surface area contributed by atoms with E-state index in [1.807, 2.05) is 73.1 Å². The van der Waals surface area contributed by atoms with Crippen LogP contribution in [0.15, 0.2) is 54.9 Å². The first-order chi connectivity index (χ1) is 17.3. The van der Waals surface area contributed by atoms with E-state index in [0.717, 1.165) is 16.8 Å². The second-order valence-electron chi connectivity index (χ2n) is 8.69. The molecular weight excluding hydrogens is 458 g/mol. The number of methoxy groups -OCH3 is 1. The topological polar surface area (TPSA) is 86.0 Å². The largest absolute Gasteiger partial charge is 0.507 e. The van der Waals surface area contributed by atoms with Gasteiger partial charge in [-0.15, -0.1) is 0 Å². The quantitative estimate of drug-likeness (QED) is 0.339. The average molecular weight is 490 g/mol. The third-order valence-corrected chi connectivity index (χ3v) is 6.05. The van der Waals surface area contributed by atoms with Crippen LogP contribution in [0.5, 0.6) is 17.2 Å². The Labute approximate surface area is 210 Å². The van der Waals surface area contributed by atoms with Crippen molar-refractivity contribution in [1.29, 1.82) is 0 Å². The fraction of sp³-hybridized carbons (Fsp3) is 0.286. The first-order valence-electron chi connectivity index (χ1n) is 11.7. The normalized spacial score (nSPS) is 11.2. The van der Waals surface area contributed by atoms with E-state index in [1.165, 1.54) is 0 Å². The number of ether oxygens (including phenoxy) is 3. The number of hydrogen-bond acceptors (Lipinski definition) is 7. The summed E-state index contributed by atoms with van der Waals surface area (Å²) >= 11 is 0. The van der Waals surface area contributed by atoms with Gasteiger partial charge in [0.15, 0.2) is 0 Å². The van der Waals surface area contributed by atoms with Crippen LogP contribution in [0, 0.1) is 0 Å². The fourth-order valence-corrected chi connectivity index (χ4v) is 4.34. The molecule has 0 amide bonds. The predicted molar refractivity (Wildman–Crippen MR) is 138 cm³/mol. The zero-order valence-electron chi connectivity index (χ0n) is 21.2. The molecule has 36 heavy (non-hydrogen) atoms. The zero-order chi connectivity index (χ0) is 25.8. The Bertz CT molecular complexity index is 1360. The average Bonchev–Trinajstić information content (AvgIpc) is 3.16. The molecule has 2 aromatic heterocycles. The van der Waals surface area contributed by atoms with Gasteiger partial charge in [0.25, 0.3) is 0 Å². The van der Waals surface area contributed by atoms with Gasteiger partial charge in [-0.1, -0.05) is 6.07 Å². The summed E-state index contributed by atoms with van der Waals surface area (Å²) in [7, 11) is 7.34. The molecule has 0 saturated heterocycles. The molecule has 0 radical (unpaired) electrons. The van der Waals surface area contributed by atoms with Crippen LogP contribution in [0.25, 0.3) is 22.0 Å². The minimum absolute atomic E-state index is 0.114. The van der Waals surface area contributed by atoms with Crippen molar-refractivity contribution in [2.45, 2.75) is 20.1 Å². The number of aryl methyl sites for hydroxylation is 1. The van der Waals surface area contributed by atoms with E-state index < -0.39 is 5.97 Å². The van der Waals surface area contributed by atoms with Crippen LogP contribution in [0.2, 0.25) is 0 Å².